The predicted molar refractivity (Wildman–Crippen MR) is 156 cm³/mol. The number of rotatable bonds is 4. The summed E-state index contributed by atoms with van der Waals surface area (Å²) in [6, 6.07) is 3.31. The van der Waals surface area contributed by atoms with Gasteiger partial charge in [-0.05, 0) is 79.4 Å². The second-order valence-electron chi connectivity index (χ2n) is 12.7. The number of ketones is 1. The highest BCUT2D eigenvalue weighted by atomic mass is 32.2. The molecule has 1 N–H and O–H groups in total. The molecule has 0 radical (unpaired) electrons. The monoisotopic (exact) mass is 558 g/mol. The van der Waals surface area contributed by atoms with E-state index in [2.05, 4.69) is 24.0 Å². The number of esters is 1. The lowest BCUT2D eigenvalue weighted by Crippen LogP contribution is -2.45. The zero-order chi connectivity index (χ0) is 29.1. The molecule has 0 amide bonds. The van der Waals surface area contributed by atoms with Gasteiger partial charge in [-0.25, -0.2) is 0 Å². The fourth-order valence-electron chi connectivity index (χ4n) is 6.47. The zero-order valence-electron chi connectivity index (χ0n) is 24.8. The highest BCUT2D eigenvalue weighted by molar-refractivity contribution is 7.98. The lowest BCUT2D eigenvalue weighted by atomic mass is 9.72. The largest absolute Gasteiger partial charge is 0.458 e. The van der Waals surface area contributed by atoms with Crippen molar-refractivity contribution in [3.63, 3.8) is 0 Å². The maximum Gasteiger partial charge on any atom is 0.309 e. The molecule has 0 spiro atoms. The van der Waals surface area contributed by atoms with Crippen molar-refractivity contribution in [1.29, 1.82) is 0 Å². The van der Waals surface area contributed by atoms with Crippen molar-refractivity contribution in [3.05, 3.63) is 34.5 Å². The molecular formula is C31H46N2O5S. The third kappa shape index (κ3) is 6.99. The molecule has 2 heterocycles. The number of aliphatic hydroxyl groups is 1. The number of pyridine rings is 1. The van der Waals surface area contributed by atoms with Crippen LogP contribution < -0.4 is 0 Å². The Balaban J connectivity index is 1.91. The van der Waals surface area contributed by atoms with Gasteiger partial charge in [-0.2, -0.15) is 4.91 Å². The van der Waals surface area contributed by atoms with E-state index in [4.69, 9.17) is 4.74 Å². The number of cyclic esters (lactones) is 1. The third-order valence-electron chi connectivity index (χ3n) is 9.84. The third-order valence-corrected chi connectivity index (χ3v) is 10.5. The molecule has 8 heteroatoms. The minimum Gasteiger partial charge on any atom is -0.458 e. The van der Waals surface area contributed by atoms with Crippen LogP contribution in [0.1, 0.15) is 86.3 Å². The first kappa shape index (κ1) is 31.5. The van der Waals surface area contributed by atoms with Gasteiger partial charge >= 0.3 is 5.97 Å². The fourth-order valence-corrected chi connectivity index (χ4v) is 6.83. The van der Waals surface area contributed by atoms with Gasteiger partial charge in [-0.3, -0.25) is 14.6 Å². The number of nitroso groups, excluding NO2 is 1. The average Bonchev–Trinajstić information content (AvgIpc) is 3.40. The maximum absolute atomic E-state index is 13.4. The summed E-state index contributed by atoms with van der Waals surface area (Å²) in [6.07, 6.45) is 7.24. The van der Waals surface area contributed by atoms with Gasteiger partial charge in [-0.15, -0.1) is 11.8 Å². The van der Waals surface area contributed by atoms with Gasteiger partial charge in [0.1, 0.15) is 17.9 Å². The Kier molecular flexibility index (Phi) is 10.2. The van der Waals surface area contributed by atoms with Crippen LogP contribution in [0.3, 0.4) is 0 Å². The number of hydrogen-bond acceptors (Lipinski definition) is 8. The molecule has 8 atom stereocenters. The topological polar surface area (TPSA) is 106 Å². The SMILES string of the molecule is CSc1ccc(/C=C(\C)C2CC3C(C)C3(C)CCC[C@H](C)C(N=O)[C@@H](C)C(=O)C(C)(C)[C@@H](O)CC(=O)O2)nc1. The molecule has 39 heavy (non-hydrogen) atoms. The van der Waals surface area contributed by atoms with E-state index in [0.717, 1.165) is 35.4 Å². The Morgan fingerprint density at radius 3 is 2.49 bits per heavy atom. The van der Waals surface area contributed by atoms with Crippen LogP contribution in [0, 0.1) is 39.4 Å². The molecule has 2 fully saturated rings. The average molecular weight is 559 g/mol. The van der Waals surface area contributed by atoms with E-state index in [-0.39, 0.29) is 23.5 Å². The number of thioether (sulfide) groups is 1. The van der Waals surface area contributed by atoms with Crippen LogP contribution in [0.5, 0.6) is 0 Å². The molecule has 1 aliphatic carbocycles. The van der Waals surface area contributed by atoms with Crippen molar-refractivity contribution in [2.75, 3.05) is 6.26 Å². The van der Waals surface area contributed by atoms with Gasteiger partial charge in [0.05, 0.1) is 23.6 Å². The van der Waals surface area contributed by atoms with Crippen molar-refractivity contribution in [3.8, 4) is 0 Å². The number of aliphatic hydroxyl groups excluding tert-OH is 1. The number of Topliss-reactive ketones (excluding diaryl/α,β-unsaturated/α-hetero) is 1. The summed E-state index contributed by atoms with van der Waals surface area (Å²) in [5.41, 5.74) is 0.591. The maximum atomic E-state index is 13.4. The Morgan fingerprint density at radius 2 is 1.90 bits per heavy atom. The molecule has 1 aromatic heterocycles. The van der Waals surface area contributed by atoms with E-state index in [1.165, 1.54) is 0 Å². The molecule has 0 aromatic carbocycles. The zero-order valence-corrected chi connectivity index (χ0v) is 25.6. The standard InChI is InChI=1S/C31H46N2O5S/c1-18-10-9-13-31(7)21(4)24(31)15-25(19(2)14-22-11-12-23(39-8)17-32-22)38-27(35)16-26(34)30(5,6)29(36)20(3)28(18)33-37/h11-12,14,17-18,20-21,24-26,28,34H,9-10,13,15-16H2,1-8H3/b19-14+/t18-,20+,21?,24?,25?,26-,28?,31?/m0/s1. The quantitative estimate of drug-likeness (QED) is 0.248. The van der Waals surface area contributed by atoms with Gasteiger partial charge in [0.25, 0.3) is 0 Å². The molecule has 2 aliphatic rings. The summed E-state index contributed by atoms with van der Waals surface area (Å²) in [5.74, 6) is -0.651. The second-order valence-corrected chi connectivity index (χ2v) is 13.6. The minimum absolute atomic E-state index is 0.0497. The predicted octanol–water partition coefficient (Wildman–Crippen LogP) is 6.72. The summed E-state index contributed by atoms with van der Waals surface area (Å²) < 4.78 is 6.03. The van der Waals surface area contributed by atoms with Gasteiger partial charge < -0.3 is 9.84 Å². The molecule has 3 rings (SSSR count). The summed E-state index contributed by atoms with van der Waals surface area (Å²) in [7, 11) is 0. The Bertz CT molecular complexity index is 1070. The molecule has 7 nitrogen and oxygen atoms in total. The number of carbonyl (C=O) groups is 2. The second kappa shape index (κ2) is 12.6. The molecule has 1 saturated carbocycles. The van der Waals surface area contributed by atoms with Gasteiger partial charge in [0, 0.05) is 17.0 Å². The first-order valence-corrected chi connectivity index (χ1v) is 15.4. The van der Waals surface area contributed by atoms with Gasteiger partial charge in [0.15, 0.2) is 0 Å². The number of carbonyl (C=O) groups excluding carboxylic acids is 2. The van der Waals surface area contributed by atoms with E-state index < -0.39 is 35.6 Å². The van der Waals surface area contributed by atoms with Crippen molar-refractivity contribution >= 4 is 29.6 Å². The minimum atomic E-state index is -1.24. The first-order valence-electron chi connectivity index (χ1n) is 14.2. The van der Waals surface area contributed by atoms with Gasteiger partial charge in [-0.1, -0.05) is 53.1 Å². The molecule has 5 unspecified atom stereocenters. The number of aromatic nitrogens is 1. The van der Waals surface area contributed by atoms with Crippen molar-refractivity contribution < 1.29 is 19.4 Å². The van der Waals surface area contributed by atoms with Crippen molar-refractivity contribution in [1.82, 2.24) is 4.98 Å². The van der Waals surface area contributed by atoms with Crippen LogP contribution in [0.25, 0.3) is 6.08 Å². The highest BCUT2D eigenvalue weighted by Crippen LogP contribution is 2.63. The van der Waals surface area contributed by atoms with Crippen LogP contribution in [0.15, 0.2) is 34.0 Å². The number of fused-ring (bicyclic) bond motifs is 1. The van der Waals surface area contributed by atoms with Crippen LogP contribution in [0.4, 0.5) is 0 Å². The smallest absolute Gasteiger partial charge is 0.309 e. The van der Waals surface area contributed by atoms with E-state index >= 15 is 0 Å². The van der Waals surface area contributed by atoms with E-state index in [9.17, 15) is 19.6 Å². The number of ether oxygens (including phenoxy) is 1. The molecule has 1 saturated heterocycles. The van der Waals surface area contributed by atoms with Crippen LogP contribution in [-0.2, 0) is 14.3 Å². The summed E-state index contributed by atoms with van der Waals surface area (Å²) in [6.45, 7) is 13.5. The molecule has 216 valence electrons. The van der Waals surface area contributed by atoms with Crippen LogP contribution in [-0.4, -0.2) is 46.3 Å². The number of hydrogen-bond donors (Lipinski definition) is 1. The Morgan fingerprint density at radius 1 is 1.21 bits per heavy atom. The van der Waals surface area contributed by atoms with Crippen molar-refractivity contribution in [2.24, 2.45) is 39.7 Å². The molecule has 1 aromatic rings. The van der Waals surface area contributed by atoms with Crippen LogP contribution in [0.2, 0.25) is 0 Å². The molecule has 0 bridgehead atoms. The lowest BCUT2D eigenvalue weighted by Gasteiger charge is -2.34. The Hall–Kier alpha value is -2.06. The van der Waals surface area contributed by atoms with Crippen molar-refractivity contribution in [2.45, 2.75) is 104 Å². The van der Waals surface area contributed by atoms with E-state index in [0.29, 0.717) is 18.3 Å². The number of nitrogens with zero attached hydrogens (tertiary/aromatic N) is 2. The van der Waals surface area contributed by atoms with Gasteiger partial charge in [0.2, 0.25) is 0 Å². The van der Waals surface area contributed by atoms with E-state index in [1.807, 2.05) is 44.5 Å². The summed E-state index contributed by atoms with van der Waals surface area (Å²) in [4.78, 5) is 44.0. The summed E-state index contributed by atoms with van der Waals surface area (Å²) >= 11 is 1.63. The van der Waals surface area contributed by atoms with Crippen LogP contribution >= 0.6 is 11.8 Å². The molecular weight excluding hydrogens is 512 g/mol. The summed E-state index contributed by atoms with van der Waals surface area (Å²) in [5, 5.41) is 14.4. The fraction of sp³-hybridized carbons (Fsp3) is 0.710. The molecule has 1 aliphatic heterocycles. The Labute approximate surface area is 237 Å². The van der Waals surface area contributed by atoms with E-state index in [1.54, 1.807) is 32.5 Å². The first-order chi connectivity index (χ1) is 18.3. The normalized spacial score (nSPS) is 36.5. The lowest BCUT2D eigenvalue weighted by molar-refractivity contribution is -0.154. The highest BCUT2D eigenvalue weighted by Gasteiger charge is 2.58.